The van der Waals surface area contributed by atoms with E-state index in [1.54, 1.807) is 6.26 Å². The van der Waals surface area contributed by atoms with Crippen molar-refractivity contribution >= 4 is 6.03 Å². The summed E-state index contributed by atoms with van der Waals surface area (Å²) in [6, 6.07) is 3.96. The monoisotopic (exact) mass is 294 g/mol. The summed E-state index contributed by atoms with van der Waals surface area (Å²) in [6.07, 6.45) is 2.68. The first-order chi connectivity index (χ1) is 10.1. The van der Waals surface area contributed by atoms with Crippen LogP contribution in [0.4, 0.5) is 4.79 Å². The Hall–Kier alpha value is -1.53. The lowest BCUT2D eigenvalue weighted by Gasteiger charge is -2.34. The van der Waals surface area contributed by atoms with E-state index in [0.717, 1.165) is 58.0 Å². The molecule has 0 unspecified atom stereocenters. The van der Waals surface area contributed by atoms with E-state index < -0.39 is 0 Å². The minimum absolute atomic E-state index is 0.0615. The molecule has 0 atom stereocenters. The van der Waals surface area contributed by atoms with Crippen LogP contribution in [0.2, 0.25) is 0 Å². The van der Waals surface area contributed by atoms with Gasteiger partial charge in [-0.15, -0.1) is 0 Å². The summed E-state index contributed by atoms with van der Waals surface area (Å²) in [5.41, 5.74) is 0. The number of carbonyl (C=O) groups excluding carboxylic acids is 1. The maximum Gasteiger partial charge on any atom is 0.317 e. The fraction of sp³-hybridized carbons (Fsp3) is 0.667. The van der Waals surface area contributed by atoms with Gasteiger partial charge in [0.15, 0.2) is 0 Å². The van der Waals surface area contributed by atoms with Crippen molar-refractivity contribution in [3.63, 3.8) is 0 Å². The Balaban J connectivity index is 1.62. The summed E-state index contributed by atoms with van der Waals surface area (Å²) in [5.74, 6) is 0.983. The van der Waals surface area contributed by atoms with Crippen LogP contribution in [0.25, 0.3) is 0 Å². The van der Waals surface area contributed by atoms with Crippen molar-refractivity contribution in [2.45, 2.75) is 13.0 Å². The Morgan fingerprint density at radius 1 is 1.33 bits per heavy atom. The standard InChI is InChI=1S/C15H26N4O2/c1-17(2)7-4-6-16-15(20)19-10-8-18(9-11-19)13-14-5-3-12-21-14/h3,5,12H,4,6-11,13H2,1-2H3,(H,16,20). The minimum atomic E-state index is 0.0615. The zero-order valence-electron chi connectivity index (χ0n) is 13.0. The lowest BCUT2D eigenvalue weighted by atomic mass is 10.3. The van der Waals surface area contributed by atoms with Gasteiger partial charge in [-0.1, -0.05) is 0 Å². The van der Waals surface area contributed by atoms with Crippen molar-refractivity contribution < 1.29 is 9.21 Å². The third kappa shape index (κ3) is 5.40. The van der Waals surface area contributed by atoms with E-state index >= 15 is 0 Å². The highest BCUT2D eigenvalue weighted by atomic mass is 16.3. The van der Waals surface area contributed by atoms with Gasteiger partial charge >= 0.3 is 6.03 Å². The molecule has 2 rings (SSSR count). The van der Waals surface area contributed by atoms with Gasteiger partial charge < -0.3 is 19.5 Å². The lowest BCUT2D eigenvalue weighted by Crippen LogP contribution is -2.51. The first-order valence-corrected chi connectivity index (χ1v) is 7.57. The second-order valence-electron chi connectivity index (χ2n) is 5.73. The molecule has 1 aromatic heterocycles. The lowest BCUT2D eigenvalue weighted by molar-refractivity contribution is 0.130. The van der Waals surface area contributed by atoms with Gasteiger partial charge in [-0.05, 0) is 39.2 Å². The van der Waals surface area contributed by atoms with Gasteiger partial charge in [-0.3, -0.25) is 4.90 Å². The van der Waals surface area contributed by atoms with Gasteiger partial charge in [-0.25, -0.2) is 4.79 Å². The summed E-state index contributed by atoms with van der Waals surface area (Å²) in [6.45, 7) is 5.91. The van der Waals surface area contributed by atoms with E-state index in [0.29, 0.717) is 0 Å². The fourth-order valence-electron chi connectivity index (χ4n) is 2.43. The number of hydrogen-bond donors (Lipinski definition) is 1. The topological polar surface area (TPSA) is 52.0 Å². The average molecular weight is 294 g/mol. The van der Waals surface area contributed by atoms with E-state index in [-0.39, 0.29) is 6.03 Å². The molecule has 6 heteroatoms. The van der Waals surface area contributed by atoms with E-state index in [1.807, 2.05) is 31.1 Å². The zero-order valence-corrected chi connectivity index (χ0v) is 13.0. The van der Waals surface area contributed by atoms with E-state index in [2.05, 4.69) is 15.1 Å². The van der Waals surface area contributed by atoms with Gasteiger partial charge in [-0.2, -0.15) is 0 Å². The van der Waals surface area contributed by atoms with Gasteiger partial charge in [0.25, 0.3) is 0 Å². The summed E-state index contributed by atoms with van der Waals surface area (Å²) >= 11 is 0. The van der Waals surface area contributed by atoms with Crippen LogP contribution in [0.3, 0.4) is 0 Å². The molecule has 0 bridgehead atoms. The number of hydrogen-bond acceptors (Lipinski definition) is 4. The molecule has 2 heterocycles. The summed E-state index contributed by atoms with van der Waals surface area (Å²) in [5, 5.41) is 2.99. The predicted octanol–water partition coefficient (Wildman–Crippen LogP) is 1.06. The number of nitrogens with one attached hydrogen (secondary N) is 1. The van der Waals surface area contributed by atoms with Crippen molar-refractivity contribution in [2.24, 2.45) is 0 Å². The van der Waals surface area contributed by atoms with Gasteiger partial charge in [0.05, 0.1) is 12.8 Å². The molecule has 21 heavy (non-hydrogen) atoms. The first-order valence-electron chi connectivity index (χ1n) is 7.57. The molecule has 6 nitrogen and oxygen atoms in total. The molecule has 1 aromatic rings. The van der Waals surface area contributed by atoms with Crippen LogP contribution < -0.4 is 5.32 Å². The first kappa shape index (κ1) is 15.9. The zero-order chi connectivity index (χ0) is 15.1. The van der Waals surface area contributed by atoms with Crippen LogP contribution in [0.15, 0.2) is 22.8 Å². The normalized spacial score (nSPS) is 16.4. The molecule has 118 valence electrons. The molecule has 2 amide bonds. The van der Waals surface area contributed by atoms with Crippen LogP contribution >= 0.6 is 0 Å². The van der Waals surface area contributed by atoms with E-state index in [4.69, 9.17) is 4.42 Å². The SMILES string of the molecule is CN(C)CCCNC(=O)N1CCN(Cc2ccco2)CC1. The fourth-order valence-corrected chi connectivity index (χ4v) is 2.43. The third-order valence-corrected chi connectivity index (χ3v) is 3.68. The third-order valence-electron chi connectivity index (χ3n) is 3.68. The van der Waals surface area contributed by atoms with E-state index in [9.17, 15) is 4.79 Å². The molecule has 1 aliphatic rings. The predicted molar refractivity (Wildman–Crippen MR) is 82.1 cm³/mol. The van der Waals surface area contributed by atoms with Crippen LogP contribution in [0, 0.1) is 0 Å². The number of piperazine rings is 1. The van der Waals surface area contributed by atoms with Crippen molar-refractivity contribution in [2.75, 3.05) is 53.4 Å². The second-order valence-corrected chi connectivity index (χ2v) is 5.73. The summed E-state index contributed by atoms with van der Waals surface area (Å²) in [4.78, 5) is 18.4. The van der Waals surface area contributed by atoms with Crippen LogP contribution in [-0.2, 0) is 6.54 Å². The number of carbonyl (C=O) groups is 1. The second kappa shape index (κ2) is 8.05. The van der Waals surface area contributed by atoms with Crippen molar-refractivity contribution in [3.8, 4) is 0 Å². The number of rotatable bonds is 6. The molecule has 0 saturated carbocycles. The summed E-state index contributed by atoms with van der Waals surface area (Å²) in [7, 11) is 4.08. The average Bonchev–Trinajstić information content (AvgIpc) is 2.97. The molecule has 1 N–H and O–H groups in total. The van der Waals surface area contributed by atoms with Crippen LogP contribution in [0.1, 0.15) is 12.2 Å². The molecule has 0 aromatic carbocycles. The smallest absolute Gasteiger partial charge is 0.317 e. The number of amides is 2. The highest BCUT2D eigenvalue weighted by molar-refractivity contribution is 5.74. The van der Waals surface area contributed by atoms with Gasteiger partial charge in [0.2, 0.25) is 0 Å². The molecular formula is C15H26N4O2. The highest BCUT2D eigenvalue weighted by Crippen LogP contribution is 2.09. The molecule has 0 spiro atoms. The number of furan rings is 1. The highest BCUT2D eigenvalue weighted by Gasteiger charge is 2.21. The maximum absolute atomic E-state index is 12.0. The Morgan fingerprint density at radius 2 is 2.10 bits per heavy atom. The maximum atomic E-state index is 12.0. The Labute approximate surface area is 126 Å². The molecule has 0 aliphatic carbocycles. The quantitative estimate of drug-likeness (QED) is 0.797. The number of urea groups is 1. The van der Waals surface area contributed by atoms with Gasteiger partial charge in [0.1, 0.15) is 5.76 Å². The van der Waals surface area contributed by atoms with Crippen LogP contribution in [0.5, 0.6) is 0 Å². The number of nitrogens with zero attached hydrogens (tertiary/aromatic N) is 3. The Kier molecular flexibility index (Phi) is 6.07. The van der Waals surface area contributed by atoms with Crippen molar-refractivity contribution in [1.29, 1.82) is 0 Å². The van der Waals surface area contributed by atoms with Gasteiger partial charge in [0, 0.05) is 32.7 Å². The molecular weight excluding hydrogens is 268 g/mol. The Morgan fingerprint density at radius 3 is 2.71 bits per heavy atom. The molecule has 1 fully saturated rings. The molecule has 0 radical (unpaired) electrons. The largest absolute Gasteiger partial charge is 0.468 e. The minimum Gasteiger partial charge on any atom is -0.468 e. The van der Waals surface area contributed by atoms with E-state index in [1.165, 1.54) is 0 Å². The van der Waals surface area contributed by atoms with Crippen molar-refractivity contribution in [3.05, 3.63) is 24.2 Å². The van der Waals surface area contributed by atoms with Crippen LogP contribution in [-0.4, -0.2) is 74.1 Å². The summed E-state index contributed by atoms with van der Waals surface area (Å²) < 4.78 is 5.36. The molecule has 1 saturated heterocycles. The Bertz CT molecular complexity index is 411. The molecule has 1 aliphatic heterocycles. The van der Waals surface area contributed by atoms with Crippen molar-refractivity contribution in [1.82, 2.24) is 20.0 Å².